The lowest BCUT2D eigenvalue weighted by Gasteiger charge is -2.23. The maximum Gasteiger partial charge on any atom is 0.311 e. The number of carbonyl (C=O) groups is 2. The predicted octanol–water partition coefficient (Wildman–Crippen LogP) is 2.68. The Balaban J connectivity index is 1.63. The summed E-state index contributed by atoms with van der Waals surface area (Å²) in [5.41, 5.74) is -0.807. The minimum atomic E-state index is -0.824. The molecule has 23 heavy (non-hydrogen) atoms. The van der Waals surface area contributed by atoms with E-state index in [1.54, 1.807) is 6.07 Å². The van der Waals surface area contributed by atoms with E-state index in [1.165, 1.54) is 17.0 Å². The number of amides is 1. The number of carboxylic acids is 1. The van der Waals surface area contributed by atoms with Gasteiger partial charge in [-0.05, 0) is 37.0 Å². The van der Waals surface area contributed by atoms with E-state index in [0.717, 1.165) is 12.8 Å². The molecule has 0 aromatic heterocycles. The highest BCUT2D eigenvalue weighted by Crippen LogP contribution is 2.48. The molecule has 1 aliphatic heterocycles. The van der Waals surface area contributed by atoms with Crippen LogP contribution < -0.4 is 4.74 Å². The number of carboxylic acid groups (broad SMARTS) is 1. The third kappa shape index (κ3) is 2.94. The summed E-state index contributed by atoms with van der Waals surface area (Å²) in [6.07, 6.45) is 2.33. The summed E-state index contributed by atoms with van der Waals surface area (Å²) in [6.45, 7) is 0.371. The summed E-state index contributed by atoms with van der Waals surface area (Å²) in [4.78, 5) is 25.4. The van der Waals surface area contributed by atoms with Crippen molar-refractivity contribution < 1.29 is 23.8 Å². The maximum absolute atomic E-state index is 13.7. The second-order valence-electron chi connectivity index (χ2n) is 6.19. The standard InChI is InChI=1S/C16H17BrFNO4/c17-11-3-4-13(12(18)6-11)23-8-14(20)19-7-10-2-1-5-16(10,9-19)15(21)22/h3-4,6,10H,1-2,5,7-9H2,(H,21,22)/t10-,16+/m0/s1. The fourth-order valence-electron chi connectivity index (χ4n) is 3.65. The van der Waals surface area contributed by atoms with Crippen molar-refractivity contribution in [2.75, 3.05) is 19.7 Å². The highest BCUT2D eigenvalue weighted by molar-refractivity contribution is 9.10. The Morgan fingerprint density at radius 2 is 2.26 bits per heavy atom. The van der Waals surface area contributed by atoms with E-state index in [9.17, 15) is 19.1 Å². The highest BCUT2D eigenvalue weighted by Gasteiger charge is 2.55. The van der Waals surface area contributed by atoms with Crippen LogP contribution in [0.5, 0.6) is 5.75 Å². The van der Waals surface area contributed by atoms with Gasteiger partial charge in [-0.25, -0.2) is 4.39 Å². The quantitative estimate of drug-likeness (QED) is 0.864. The van der Waals surface area contributed by atoms with Gasteiger partial charge in [0.05, 0.1) is 5.41 Å². The number of ether oxygens (including phenoxy) is 1. The summed E-state index contributed by atoms with van der Waals surface area (Å²) in [5.74, 6) is -1.66. The highest BCUT2D eigenvalue weighted by atomic mass is 79.9. The Hall–Kier alpha value is -1.63. The van der Waals surface area contributed by atoms with Crippen molar-refractivity contribution in [3.8, 4) is 5.75 Å². The fraction of sp³-hybridized carbons (Fsp3) is 0.500. The second kappa shape index (κ2) is 6.11. The fourth-order valence-corrected chi connectivity index (χ4v) is 3.99. The van der Waals surface area contributed by atoms with Gasteiger partial charge in [-0.3, -0.25) is 9.59 Å². The van der Waals surface area contributed by atoms with Gasteiger partial charge < -0.3 is 14.7 Å². The van der Waals surface area contributed by atoms with E-state index in [2.05, 4.69) is 15.9 Å². The van der Waals surface area contributed by atoms with Crippen LogP contribution in [0.15, 0.2) is 22.7 Å². The van der Waals surface area contributed by atoms with Crippen LogP contribution in [0.1, 0.15) is 19.3 Å². The summed E-state index contributed by atoms with van der Waals surface area (Å²) in [7, 11) is 0. The number of nitrogens with zero attached hydrogens (tertiary/aromatic N) is 1. The van der Waals surface area contributed by atoms with E-state index in [0.29, 0.717) is 17.4 Å². The molecule has 2 aliphatic rings. The van der Waals surface area contributed by atoms with E-state index < -0.39 is 17.2 Å². The van der Waals surface area contributed by atoms with Crippen molar-refractivity contribution in [2.45, 2.75) is 19.3 Å². The zero-order chi connectivity index (χ0) is 16.6. The van der Waals surface area contributed by atoms with Crippen molar-refractivity contribution >= 4 is 27.8 Å². The average molecular weight is 386 g/mol. The first-order valence-electron chi connectivity index (χ1n) is 7.51. The molecule has 1 saturated heterocycles. The Bertz CT molecular complexity index is 653. The summed E-state index contributed by atoms with van der Waals surface area (Å²) < 4.78 is 19.5. The molecule has 1 N–H and O–H groups in total. The van der Waals surface area contributed by atoms with Crippen molar-refractivity contribution in [2.24, 2.45) is 11.3 Å². The number of halogens is 2. The average Bonchev–Trinajstić information content (AvgIpc) is 3.04. The smallest absolute Gasteiger partial charge is 0.311 e. The number of hydrogen-bond acceptors (Lipinski definition) is 3. The maximum atomic E-state index is 13.7. The third-order valence-electron chi connectivity index (χ3n) is 4.89. The van der Waals surface area contributed by atoms with Crippen molar-refractivity contribution in [1.29, 1.82) is 0 Å². The van der Waals surface area contributed by atoms with Crippen molar-refractivity contribution in [3.63, 3.8) is 0 Å². The number of rotatable bonds is 4. The third-order valence-corrected chi connectivity index (χ3v) is 5.39. The molecule has 1 aromatic carbocycles. The largest absolute Gasteiger partial charge is 0.481 e. The molecule has 1 saturated carbocycles. The molecular formula is C16H17BrFNO4. The zero-order valence-electron chi connectivity index (χ0n) is 12.4. The molecule has 1 aromatic rings. The van der Waals surface area contributed by atoms with E-state index >= 15 is 0 Å². The van der Waals surface area contributed by atoms with Crippen molar-refractivity contribution in [1.82, 2.24) is 4.90 Å². The lowest BCUT2D eigenvalue weighted by atomic mass is 9.81. The monoisotopic (exact) mass is 385 g/mol. The number of hydrogen-bond donors (Lipinski definition) is 1. The Morgan fingerprint density at radius 1 is 1.48 bits per heavy atom. The Morgan fingerprint density at radius 3 is 2.91 bits per heavy atom. The van der Waals surface area contributed by atoms with Crippen LogP contribution >= 0.6 is 15.9 Å². The lowest BCUT2D eigenvalue weighted by Crippen LogP contribution is -2.38. The number of benzene rings is 1. The molecule has 5 nitrogen and oxygen atoms in total. The van der Waals surface area contributed by atoms with Crippen LogP contribution in [-0.4, -0.2) is 41.6 Å². The van der Waals surface area contributed by atoms with Crippen LogP contribution in [0.25, 0.3) is 0 Å². The molecule has 124 valence electrons. The first-order chi connectivity index (χ1) is 10.9. The second-order valence-corrected chi connectivity index (χ2v) is 7.10. The molecule has 3 rings (SSSR count). The Labute approximate surface area is 141 Å². The van der Waals surface area contributed by atoms with Gasteiger partial charge in [-0.1, -0.05) is 22.4 Å². The molecule has 0 radical (unpaired) electrons. The first kappa shape index (κ1) is 16.2. The van der Waals surface area contributed by atoms with Gasteiger partial charge in [0.2, 0.25) is 0 Å². The number of likely N-dealkylation sites (tertiary alicyclic amines) is 1. The molecule has 0 unspecified atom stereocenters. The minimum absolute atomic E-state index is 0.00775. The van der Waals surface area contributed by atoms with Gasteiger partial charge in [-0.15, -0.1) is 0 Å². The summed E-state index contributed by atoms with van der Waals surface area (Å²) in [6, 6.07) is 4.34. The Kier molecular flexibility index (Phi) is 4.31. The molecule has 2 atom stereocenters. The topological polar surface area (TPSA) is 66.8 Å². The van der Waals surface area contributed by atoms with Gasteiger partial charge in [0.15, 0.2) is 18.2 Å². The number of aliphatic carboxylic acids is 1. The predicted molar refractivity (Wildman–Crippen MR) is 83.6 cm³/mol. The molecule has 1 amide bonds. The van der Waals surface area contributed by atoms with Crippen molar-refractivity contribution in [3.05, 3.63) is 28.5 Å². The molecule has 2 fully saturated rings. The van der Waals surface area contributed by atoms with Crippen LogP contribution in [-0.2, 0) is 9.59 Å². The molecule has 0 bridgehead atoms. The lowest BCUT2D eigenvalue weighted by molar-refractivity contribution is -0.149. The van der Waals surface area contributed by atoms with E-state index in [1.807, 2.05) is 0 Å². The summed E-state index contributed by atoms with van der Waals surface area (Å²) >= 11 is 3.15. The number of carbonyl (C=O) groups excluding carboxylic acids is 1. The number of fused-ring (bicyclic) bond motifs is 1. The van der Waals surface area contributed by atoms with Gasteiger partial charge >= 0.3 is 5.97 Å². The van der Waals surface area contributed by atoms with Crippen LogP contribution in [0.3, 0.4) is 0 Å². The van der Waals surface area contributed by atoms with Gasteiger partial charge in [0.1, 0.15) is 0 Å². The molecule has 1 heterocycles. The van der Waals surface area contributed by atoms with E-state index in [4.69, 9.17) is 4.74 Å². The van der Waals surface area contributed by atoms with Gasteiger partial charge in [0, 0.05) is 17.6 Å². The summed E-state index contributed by atoms with van der Waals surface area (Å²) in [5, 5.41) is 9.52. The molecule has 7 heteroatoms. The first-order valence-corrected chi connectivity index (χ1v) is 8.31. The van der Waals surface area contributed by atoms with Crippen LogP contribution in [0.2, 0.25) is 0 Å². The SMILES string of the molecule is O=C(COc1ccc(Br)cc1F)N1C[C@@H]2CCC[C@@]2(C(=O)O)C1. The minimum Gasteiger partial charge on any atom is -0.481 e. The molecule has 1 aliphatic carbocycles. The van der Waals surface area contributed by atoms with E-state index in [-0.39, 0.29) is 30.7 Å². The molecular weight excluding hydrogens is 369 g/mol. The van der Waals surface area contributed by atoms with Crippen LogP contribution in [0, 0.1) is 17.2 Å². The molecule has 0 spiro atoms. The van der Waals surface area contributed by atoms with Crippen LogP contribution in [0.4, 0.5) is 4.39 Å². The van der Waals surface area contributed by atoms with Gasteiger partial charge in [-0.2, -0.15) is 0 Å². The normalized spacial score (nSPS) is 26.2. The zero-order valence-corrected chi connectivity index (χ0v) is 14.0. The van der Waals surface area contributed by atoms with Gasteiger partial charge in [0.25, 0.3) is 5.91 Å².